The molecule has 0 radical (unpaired) electrons. The largest absolute Gasteiger partial charge is 0.495 e. The lowest BCUT2D eigenvalue weighted by Crippen LogP contribution is -2.20. The van der Waals surface area contributed by atoms with Crippen molar-refractivity contribution in [3.05, 3.63) is 70.4 Å². The Balaban J connectivity index is 1.59. The van der Waals surface area contributed by atoms with Gasteiger partial charge in [-0.25, -0.2) is 12.8 Å². The number of nitrogens with zero attached hydrogens (tertiary/aromatic N) is 1. The molecular formula is C23H24FNO4S2. The Morgan fingerprint density at radius 3 is 2.39 bits per heavy atom. The van der Waals surface area contributed by atoms with Crippen LogP contribution in [0.15, 0.2) is 57.6 Å². The smallest absolute Gasteiger partial charge is 0.219 e. The highest BCUT2D eigenvalue weighted by atomic mass is 32.2. The van der Waals surface area contributed by atoms with E-state index >= 15 is 0 Å². The first-order valence-corrected chi connectivity index (χ1v) is 12.3. The molecule has 31 heavy (non-hydrogen) atoms. The average Bonchev–Trinajstić information content (AvgIpc) is 3.18. The second-order valence-corrected chi connectivity index (χ2v) is 10.9. The van der Waals surface area contributed by atoms with Crippen molar-refractivity contribution >= 4 is 21.2 Å². The lowest BCUT2D eigenvalue weighted by Gasteiger charge is -2.13. The fourth-order valence-electron chi connectivity index (χ4n) is 3.59. The molecule has 0 aliphatic carbocycles. The summed E-state index contributed by atoms with van der Waals surface area (Å²) in [5, 5.41) is 0. The minimum atomic E-state index is -3.73. The normalized spacial score (nSPS) is 14.7. The molecule has 5 nitrogen and oxygen atoms in total. The van der Waals surface area contributed by atoms with Crippen LogP contribution in [0.25, 0.3) is 0 Å². The van der Waals surface area contributed by atoms with Crippen molar-refractivity contribution in [3.63, 3.8) is 0 Å². The summed E-state index contributed by atoms with van der Waals surface area (Å²) >= 11 is 1.17. The van der Waals surface area contributed by atoms with Gasteiger partial charge in [0.15, 0.2) is 0 Å². The first-order chi connectivity index (χ1) is 14.9. The molecule has 0 bridgehead atoms. The third-order valence-corrected chi connectivity index (χ3v) is 8.72. The highest BCUT2D eigenvalue weighted by Gasteiger charge is 2.26. The Labute approximate surface area is 186 Å². The van der Waals surface area contributed by atoms with Crippen LogP contribution in [0.3, 0.4) is 0 Å². The maximum atomic E-state index is 13.4. The van der Waals surface area contributed by atoms with Crippen molar-refractivity contribution in [2.24, 2.45) is 0 Å². The number of methoxy groups -OCH3 is 1. The minimum absolute atomic E-state index is 0.200. The standard InChI is InChI=1S/C23H24FNO4S2/c1-25-11-9-16-13-21(28-2)22(14-17(16)10-12-25)31(26,27)23-8-7-20(30-23)15-29-19-5-3-18(24)4-6-19/h3-8,13-14H,9-12,15H2,1-2H3. The van der Waals surface area contributed by atoms with Crippen LogP contribution in [-0.4, -0.2) is 40.6 Å². The number of halogens is 1. The Morgan fingerprint density at radius 1 is 1.03 bits per heavy atom. The van der Waals surface area contributed by atoms with Crippen LogP contribution in [0.1, 0.15) is 16.0 Å². The van der Waals surface area contributed by atoms with Crippen LogP contribution in [0, 0.1) is 5.82 Å². The zero-order valence-electron chi connectivity index (χ0n) is 17.4. The van der Waals surface area contributed by atoms with E-state index in [4.69, 9.17) is 9.47 Å². The molecule has 0 unspecified atom stereocenters. The van der Waals surface area contributed by atoms with Crippen molar-refractivity contribution in [3.8, 4) is 11.5 Å². The molecule has 0 fully saturated rings. The summed E-state index contributed by atoms with van der Waals surface area (Å²) in [5.41, 5.74) is 2.19. The number of fused-ring (bicyclic) bond motifs is 1. The molecule has 2 aromatic carbocycles. The minimum Gasteiger partial charge on any atom is -0.495 e. The second-order valence-electron chi connectivity index (χ2n) is 7.54. The van der Waals surface area contributed by atoms with Gasteiger partial charge in [-0.15, -0.1) is 11.3 Å². The quantitative estimate of drug-likeness (QED) is 0.547. The van der Waals surface area contributed by atoms with Gasteiger partial charge in [-0.1, -0.05) is 0 Å². The number of hydrogen-bond acceptors (Lipinski definition) is 6. The molecule has 164 valence electrons. The van der Waals surface area contributed by atoms with E-state index in [9.17, 15) is 12.8 Å². The summed E-state index contributed by atoms with van der Waals surface area (Å²) in [4.78, 5) is 3.21. The van der Waals surface area contributed by atoms with Crippen LogP contribution in [0.5, 0.6) is 11.5 Å². The lowest BCUT2D eigenvalue weighted by atomic mass is 10.0. The molecule has 1 aromatic heterocycles. The molecular weight excluding hydrogens is 437 g/mol. The van der Waals surface area contributed by atoms with Crippen LogP contribution in [-0.2, 0) is 29.3 Å². The summed E-state index contributed by atoms with van der Waals surface area (Å²) in [7, 11) is -0.162. The second kappa shape index (κ2) is 8.98. The Hall–Kier alpha value is -2.42. The van der Waals surface area contributed by atoms with Gasteiger partial charge in [-0.3, -0.25) is 0 Å². The van der Waals surface area contributed by atoms with Gasteiger partial charge in [0.25, 0.3) is 0 Å². The molecule has 4 rings (SSSR count). The van der Waals surface area contributed by atoms with Crippen molar-refractivity contribution in [2.45, 2.75) is 28.6 Å². The molecule has 0 amide bonds. The number of benzene rings is 2. The maximum Gasteiger partial charge on any atom is 0.219 e. The van der Waals surface area contributed by atoms with Gasteiger partial charge in [-0.05, 0) is 79.5 Å². The van der Waals surface area contributed by atoms with E-state index in [1.54, 1.807) is 30.3 Å². The maximum absolute atomic E-state index is 13.4. The van der Waals surface area contributed by atoms with E-state index in [1.807, 2.05) is 6.07 Å². The van der Waals surface area contributed by atoms with Gasteiger partial charge in [0.2, 0.25) is 9.84 Å². The van der Waals surface area contributed by atoms with Gasteiger partial charge in [0.1, 0.15) is 33.0 Å². The molecule has 2 heterocycles. The summed E-state index contributed by atoms with van der Waals surface area (Å²) in [6.45, 7) is 2.03. The van der Waals surface area contributed by atoms with Gasteiger partial charge < -0.3 is 14.4 Å². The molecule has 0 saturated carbocycles. The van der Waals surface area contributed by atoms with E-state index in [-0.39, 0.29) is 21.5 Å². The molecule has 0 atom stereocenters. The number of rotatable bonds is 6. The van der Waals surface area contributed by atoms with Crippen molar-refractivity contribution in [1.82, 2.24) is 4.90 Å². The Bertz CT molecular complexity index is 1170. The van der Waals surface area contributed by atoms with Crippen molar-refractivity contribution in [2.75, 3.05) is 27.2 Å². The highest BCUT2D eigenvalue weighted by molar-refractivity contribution is 7.93. The monoisotopic (exact) mass is 461 g/mol. The first-order valence-electron chi connectivity index (χ1n) is 9.97. The number of thiophene rings is 1. The van der Waals surface area contributed by atoms with Gasteiger partial charge in [0, 0.05) is 18.0 Å². The van der Waals surface area contributed by atoms with Crippen molar-refractivity contribution < 1.29 is 22.3 Å². The van der Waals surface area contributed by atoms with E-state index in [1.165, 1.54) is 30.6 Å². The molecule has 0 spiro atoms. The number of ether oxygens (including phenoxy) is 2. The van der Waals surface area contributed by atoms with Gasteiger partial charge in [-0.2, -0.15) is 0 Å². The van der Waals surface area contributed by atoms with Crippen LogP contribution < -0.4 is 9.47 Å². The molecule has 1 aliphatic rings. The van der Waals surface area contributed by atoms with E-state index < -0.39 is 9.84 Å². The predicted molar refractivity (Wildman–Crippen MR) is 118 cm³/mol. The van der Waals surface area contributed by atoms with Gasteiger partial charge in [0.05, 0.1) is 7.11 Å². The molecule has 0 N–H and O–H groups in total. The number of sulfone groups is 1. The van der Waals surface area contributed by atoms with E-state index in [2.05, 4.69) is 11.9 Å². The van der Waals surface area contributed by atoms with Gasteiger partial charge >= 0.3 is 0 Å². The highest BCUT2D eigenvalue weighted by Crippen LogP contribution is 2.36. The van der Waals surface area contributed by atoms with E-state index in [0.717, 1.165) is 41.9 Å². The fourth-order valence-corrected chi connectivity index (χ4v) is 6.43. The third kappa shape index (κ3) is 4.76. The lowest BCUT2D eigenvalue weighted by molar-refractivity contribution is 0.309. The SMILES string of the molecule is COc1cc2c(cc1S(=O)(=O)c1ccc(COc3ccc(F)cc3)s1)CCN(C)CC2. The Kier molecular flexibility index (Phi) is 6.31. The molecule has 0 saturated heterocycles. The summed E-state index contributed by atoms with van der Waals surface area (Å²) in [5.74, 6) is 0.565. The third-order valence-electron chi connectivity index (χ3n) is 5.40. The summed E-state index contributed by atoms with van der Waals surface area (Å²) in [6.07, 6.45) is 1.67. The molecule has 1 aliphatic heterocycles. The predicted octanol–water partition coefficient (Wildman–Crippen LogP) is 4.34. The van der Waals surface area contributed by atoms with Crippen LogP contribution >= 0.6 is 11.3 Å². The average molecular weight is 462 g/mol. The number of hydrogen-bond donors (Lipinski definition) is 0. The first kappa shape index (κ1) is 21.8. The molecule has 3 aromatic rings. The molecule has 8 heteroatoms. The summed E-state index contributed by atoms with van der Waals surface area (Å²) in [6, 6.07) is 12.7. The summed E-state index contributed by atoms with van der Waals surface area (Å²) < 4.78 is 51.2. The van der Waals surface area contributed by atoms with Crippen molar-refractivity contribution in [1.29, 1.82) is 0 Å². The topological polar surface area (TPSA) is 55.8 Å². The Morgan fingerprint density at radius 2 is 1.71 bits per heavy atom. The zero-order chi connectivity index (χ0) is 22.0. The number of likely N-dealkylation sites (N-methyl/N-ethyl adjacent to an activating group) is 1. The zero-order valence-corrected chi connectivity index (χ0v) is 19.1. The van der Waals surface area contributed by atoms with Crippen LogP contribution in [0.2, 0.25) is 0 Å². The van der Waals surface area contributed by atoms with Crippen LogP contribution in [0.4, 0.5) is 4.39 Å². The fraction of sp³-hybridized carbons (Fsp3) is 0.304. The van der Waals surface area contributed by atoms with E-state index in [0.29, 0.717) is 11.5 Å².